The largest absolute Gasteiger partial charge is 0.372 e. The van der Waals surface area contributed by atoms with Crippen LogP contribution in [-0.2, 0) is 20.9 Å². The van der Waals surface area contributed by atoms with Gasteiger partial charge < -0.3 is 19.1 Å². The van der Waals surface area contributed by atoms with Crippen molar-refractivity contribution in [3.8, 4) is 0 Å². The van der Waals surface area contributed by atoms with Crippen molar-refractivity contribution >= 4 is 34.5 Å². The van der Waals surface area contributed by atoms with Crippen LogP contribution in [0.5, 0.6) is 0 Å². The quantitative estimate of drug-likeness (QED) is 0.705. The van der Waals surface area contributed by atoms with E-state index in [1.54, 1.807) is 11.8 Å². The van der Waals surface area contributed by atoms with Gasteiger partial charge in [0.2, 0.25) is 11.8 Å². The van der Waals surface area contributed by atoms with Crippen LogP contribution in [0.4, 0.5) is 0 Å². The number of benzene rings is 1. The molecule has 0 radical (unpaired) electrons. The molecule has 156 valence electrons. The molecule has 2 aromatic rings. The molecule has 2 aliphatic heterocycles. The van der Waals surface area contributed by atoms with Crippen LogP contribution in [0.3, 0.4) is 0 Å². The monoisotopic (exact) mass is 415 g/mol. The number of carbonyl (C=O) groups is 2. The molecule has 0 aliphatic carbocycles. The number of amides is 2. The van der Waals surface area contributed by atoms with Crippen molar-refractivity contribution in [3.63, 3.8) is 0 Å². The number of morpholine rings is 1. The molecule has 1 aromatic carbocycles. The Morgan fingerprint density at radius 3 is 2.45 bits per heavy atom. The Labute approximate surface area is 176 Å². The minimum Gasteiger partial charge on any atom is -0.372 e. The van der Waals surface area contributed by atoms with Gasteiger partial charge in [0.25, 0.3) is 0 Å². The molecule has 0 bridgehead atoms. The lowest BCUT2D eigenvalue weighted by Crippen LogP contribution is -2.49. The summed E-state index contributed by atoms with van der Waals surface area (Å²) < 4.78 is 7.77. The summed E-state index contributed by atoms with van der Waals surface area (Å²) in [7, 11) is 0. The molecule has 0 saturated carbocycles. The molecular formula is C22H29N3O3S. The summed E-state index contributed by atoms with van der Waals surface area (Å²) in [5.74, 6) is 0.759. The number of rotatable bonds is 5. The molecule has 2 saturated heterocycles. The van der Waals surface area contributed by atoms with Gasteiger partial charge in [0.15, 0.2) is 0 Å². The number of fused-ring (bicyclic) bond motifs is 1. The fraction of sp³-hybridized carbons (Fsp3) is 0.545. The third kappa shape index (κ3) is 4.61. The van der Waals surface area contributed by atoms with Gasteiger partial charge in [-0.05, 0) is 32.8 Å². The molecule has 29 heavy (non-hydrogen) atoms. The number of thioether (sulfide) groups is 1. The molecule has 2 atom stereocenters. The Kier molecular flexibility index (Phi) is 6.15. The summed E-state index contributed by atoms with van der Waals surface area (Å²) >= 11 is 1.57. The second kappa shape index (κ2) is 8.79. The van der Waals surface area contributed by atoms with Crippen molar-refractivity contribution in [3.05, 3.63) is 30.5 Å². The maximum absolute atomic E-state index is 12.9. The van der Waals surface area contributed by atoms with E-state index in [9.17, 15) is 9.59 Å². The van der Waals surface area contributed by atoms with Gasteiger partial charge in [0, 0.05) is 48.2 Å². The summed E-state index contributed by atoms with van der Waals surface area (Å²) in [6, 6.07) is 8.11. The van der Waals surface area contributed by atoms with Crippen LogP contribution in [0.15, 0.2) is 35.4 Å². The topological polar surface area (TPSA) is 54.8 Å². The maximum atomic E-state index is 12.9. The molecule has 7 heteroatoms. The summed E-state index contributed by atoms with van der Waals surface area (Å²) in [6.07, 6.45) is 4.36. The summed E-state index contributed by atoms with van der Waals surface area (Å²) in [5.41, 5.74) is 1.03. The highest BCUT2D eigenvalue weighted by atomic mass is 32.2. The Morgan fingerprint density at radius 2 is 1.72 bits per heavy atom. The Hall–Kier alpha value is -1.99. The lowest BCUT2D eigenvalue weighted by atomic mass is 10.2. The van der Waals surface area contributed by atoms with Crippen LogP contribution in [0, 0.1) is 0 Å². The van der Waals surface area contributed by atoms with E-state index in [-0.39, 0.29) is 24.0 Å². The molecule has 2 fully saturated rings. The fourth-order valence-corrected chi connectivity index (χ4v) is 5.27. The molecule has 0 N–H and O–H groups in total. The van der Waals surface area contributed by atoms with Crippen molar-refractivity contribution in [1.29, 1.82) is 0 Å². The average Bonchev–Trinajstić information content (AvgIpc) is 3.34. The highest BCUT2D eigenvalue weighted by Crippen LogP contribution is 2.30. The second-order valence-electron chi connectivity index (χ2n) is 8.07. The summed E-state index contributed by atoms with van der Waals surface area (Å²) in [5, 5.41) is 1.10. The van der Waals surface area contributed by atoms with E-state index in [1.807, 2.05) is 52.6 Å². The standard InChI is InChI=1S/C22H29N3O3S/c1-16-11-25(12-17(2)28-16)21(26)14-24-13-20(18-7-3-4-8-19(18)24)29-15-22(27)23-9-5-6-10-23/h3-4,7-8,13,16-17H,5-6,9-12,14-15H2,1-2H3/t16-,17-/m1/s1. The number of carbonyl (C=O) groups excluding carboxylic acids is 2. The SMILES string of the molecule is C[C@@H]1CN(C(=O)Cn2cc(SCC(=O)N3CCCC3)c3ccccc32)C[C@@H](C)O1. The predicted molar refractivity (Wildman–Crippen MR) is 115 cm³/mol. The number of ether oxygens (including phenoxy) is 1. The van der Waals surface area contributed by atoms with Crippen molar-refractivity contribution < 1.29 is 14.3 Å². The molecule has 6 nitrogen and oxygen atoms in total. The van der Waals surface area contributed by atoms with Crippen molar-refractivity contribution in [2.24, 2.45) is 0 Å². The molecule has 0 unspecified atom stereocenters. The van der Waals surface area contributed by atoms with Crippen LogP contribution in [-0.4, -0.2) is 70.3 Å². The summed E-state index contributed by atoms with van der Waals surface area (Å²) in [4.78, 5) is 30.3. The molecule has 0 spiro atoms. The number of hydrogen-bond donors (Lipinski definition) is 0. The number of para-hydroxylation sites is 1. The van der Waals surface area contributed by atoms with Crippen LogP contribution in [0.25, 0.3) is 10.9 Å². The smallest absolute Gasteiger partial charge is 0.242 e. The highest BCUT2D eigenvalue weighted by molar-refractivity contribution is 8.00. The van der Waals surface area contributed by atoms with Gasteiger partial charge in [-0.1, -0.05) is 18.2 Å². The normalized spacial score (nSPS) is 22.4. The van der Waals surface area contributed by atoms with Crippen LogP contribution >= 0.6 is 11.8 Å². The zero-order valence-corrected chi connectivity index (χ0v) is 18.0. The first kappa shape index (κ1) is 20.3. The van der Waals surface area contributed by atoms with E-state index in [0.29, 0.717) is 25.4 Å². The van der Waals surface area contributed by atoms with Crippen LogP contribution < -0.4 is 0 Å². The first-order valence-electron chi connectivity index (χ1n) is 10.4. The Morgan fingerprint density at radius 1 is 1.03 bits per heavy atom. The van der Waals surface area contributed by atoms with Crippen LogP contribution in [0.1, 0.15) is 26.7 Å². The van der Waals surface area contributed by atoms with Gasteiger partial charge in [-0.25, -0.2) is 0 Å². The first-order chi connectivity index (χ1) is 14.0. The van der Waals surface area contributed by atoms with E-state index >= 15 is 0 Å². The van der Waals surface area contributed by atoms with E-state index in [1.165, 1.54) is 0 Å². The van der Waals surface area contributed by atoms with E-state index in [0.717, 1.165) is 41.7 Å². The van der Waals surface area contributed by atoms with Crippen molar-refractivity contribution in [2.45, 2.75) is 50.3 Å². The van der Waals surface area contributed by atoms with E-state index < -0.39 is 0 Å². The predicted octanol–water partition coefficient (Wildman–Crippen LogP) is 2.99. The van der Waals surface area contributed by atoms with Gasteiger partial charge in [-0.2, -0.15) is 0 Å². The first-order valence-corrected chi connectivity index (χ1v) is 11.4. The third-order valence-corrected chi connectivity index (χ3v) is 6.67. The molecule has 1 aromatic heterocycles. The lowest BCUT2D eigenvalue weighted by molar-refractivity contribution is -0.143. The van der Waals surface area contributed by atoms with Gasteiger partial charge in [-0.3, -0.25) is 9.59 Å². The zero-order valence-electron chi connectivity index (χ0n) is 17.2. The lowest BCUT2D eigenvalue weighted by Gasteiger charge is -2.35. The van der Waals surface area contributed by atoms with Gasteiger partial charge in [-0.15, -0.1) is 11.8 Å². The Balaban J connectivity index is 1.48. The Bertz CT molecular complexity index is 881. The number of hydrogen-bond acceptors (Lipinski definition) is 4. The van der Waals surface area contributed by atoms with Gasteiger partial charge >= 0.3 is 0 Å². The minimum atomic E-state index is 0.0619. The van der Waals surface area contributed by atoms with E-state index in [4.69, 9.17) is 4.74 Å². The zero-order chi connectivity index (χ0) is 20.4. The van der Waals surface area contributed by atoms with Gasteiger partial charge in [0.05, 0.1) is 18.0 Å². The highest BCUT2D eigenvalue weighted by Gasteiger charge is 2.26. The minimum absolute atomic E-state index is 0.0619. The molecule has 2 amide bonds. The maximum Gasteiger partial charge on any atom is 0.242 e. The number of aromatic nitrogens is 1. The van der Waals surface area contributed by atoms with Gasteiger partial charge in [0.1, 0.15) is 6.54 Å². The molecule has 4 rings (SSSR count). The molecule has 2 aliphatic rings. The number of likely N-dealkylation sites (tertiary alicyclic amines) is 1. The second-order valence-corrected chi connectivity index (χ2v) is 9.09. The fourth-order valence-electron chi connectivity index (χ4n) is 4.28. The van der Waals surface area contributed by atoms with Crippen LogP contribution in [0.2, 0.25) is 0 Å². The molecule has 3 heterocycles. The van der Waals surface area contributed by atoms with E-state index in [2.05, 4.69) is 6.07 Å². The molecular weight excluding hydrogens is 386 g/mol. The van der Waals surface area contributed by atoms with Crippen molar-refractivity contribution in [1.82, 2.24) is 14.4 Å². The number of nitrogens with zero attached hydrogens (tertiary/aromatic N) is 3. The summed E-state index contributed by atoms with van der Waals surface area (Å²) in [6.45, 7) is 7.35. The average molecular weight is 416 g/mol. The third-order valence-electron chi connectivity index (χ3n) is 5.64. The van der Waals surface area contributed by atoms with Crippen molar-refractivity contribution in [2.75, 3.05) is 31.9 Å².